The van der Waals surface area contributed by atoms with Crippen molar-refractivity contribution >= 4 is 23.4 Å². The van der Waals surface area contributed by atoms with E-state index in [1.165, 1.54) is 0 Å². The monoisotopic (exact) mass is 418 g/mol. The molecule has 0 aromatic heterocycles. The predicted octanol–water partition coefficient (Wildman–Crippen LogP) is 4.16. The molecule has 0 saturated carbocycles. The Bertz CT molecular complexity index is 856. The zero-order valence-corrected chi connectivity index (χ0v) is 17.9. The molecule has 2 amide bonds. The number of carbonyl (C=O) groups is 2. The summed E-state index contributed by atoms with van der Waals surface area (Å²) < 4.78 is 11.2. The zero-order valence-electron chi connectivity index (χ0n) is 17.1. The summed E-state index contributed by atoms with van der Waals surface area (Å²) in [4.78, 5) is 24.2. The summed E-state index contributed by atoms with van der Waals surface area (Å²) in [6.45, 7) is 7.43. The highest BCUT2D eigenvalue weighted by molar-refractivity contribution is 6.31. The summed E-state index contributed by atoms with van der Waals surface area (Å²) in [7, 11) is 0. The molecule has 0 radical (unpaired) electrons. The van der Waals surface area contributed by atoms with Crippen LogP contribution in [0.25, 0.3) is 0 Å². The lowest BCUT2D eigenvalue weighted by Gasteiger charge is -2.19. The van der Waals surface area contributed by atoms with Gasteiger partial charge in [0.15, 0.2) is 12.7 Å². The van der Waals surface area contributed by atoms with E-state index in [4.69, 9.17) is 21.1 Å². The molecule has 156 valence electrons. The quantitative estimate of drug-likeness (QED) is 0.631. The number of ether oxygens (including phenoxy) is 2. The Morgan fingerprint density at radius 3 is 2.52 bits per heavy atom. The van der Waals surface area contributed by atoms with Crippen LogP contribution < -0.4 is 20.3 Å². The van der Waals surface area contributed by atoms with Crippen molar-refractivity contribution in [2.75, 3.05) is 6.61 Å². The van der Waals surface area contributed by atoms with Gasteiger partial charge in [0.2, 0.25) is 0 Å². The lowest BCUT2D eigenvalue weighted by molar-refractivity contribution is -0.133. The first-order valence-corrected chi connectivity index (χ1v) is 9.92. The van der Waals surface area contributed by atoms with Crippen molar-refractivity contribution < 1.29 is 19.1 Å². The number of amides is 2. The highest BCUT2D eigenvalue weighted by atomic mass is 35.5. The second-order valence-corrected chi connectivity index (χ2v) is 7.25. The van der Waals surface area contributed by atoms with Crippen LogP contribution in [0.15, 0.2) is 42.5 Å². The lowest BCUT2D eigenvalue weighted by Crippen LogP contribution is -2.48. The van der Waals surface area contributed by atoms with Gasteiger partial charge in [-0.3, -0.25) is 20.4 Å². The highest BCUT2D eigenvalue weighted by Gasteiger charge is 2.18. The van der Waals surface area contributed by atoms with Gasteiger partial charge in [-0.05, 0) is 61.6 Å². The molecule has 0 aliphatic heterocycles. The molecular weight excluding hydrogens is 392 g/mol. The molecule has 2 aromatic rings. The van der Waals surface area contributed by atoms with Gasteiger partial charge in [0.25, 0.3) is 11.8 Å². The molecule has 0 bridgehead atoms. The van der Waals surface area contributed by atoms with E-state index in [0.717, 1.165) is 17.5 Å². The smallest absolute Gasteiger partial charge is 0.279 e. The summed E-state index contributed by atoms with van der Waals surface area (Å²) in [5.41, 5.74) is 6.58. The van der Waals surface area contributed by atoms with Crippen LogP contribution in [-0.4, -0.2) is 24.5 Å². The molecule has 2 unspecified atom stereocenters. The number of rotatable bonds is 8. The topological polar surface area (TPSA) is 76.7 Å². The van der Waals surface area contributed by atoms with E-state index < -0.39 is 17.9 Å². The maximum atomic E-state index is 12.3. The molecule has 6 nitrogen and oxygen atoms in total. The number of hydrogen-bond donors (Lipinski definition) is 2. The maximum Gasteiger partial charge on any atom is 0.279 e. The van der Waals surface area contributed by atoms with Crippen LogP contribution in [0, 0.1) is 6.92 Å². The summed E-state index contributed by atoms with van der Waals surface area (Å²) in [5, 5.41) is 0.623. The molecule has 2 atom stereocenters. The molecular formula is C22H27ClN2O4. The number of carbonyl (C=O) groups excluding carboxylic acids is 2. The molecule has 2 aromatic carbocycles. The van der Waals surface area contributed by atoms with E-state index in [1.807, 2.05) is 31.2 Å². The van der Waals surface area contributed by atoms with E-state index in [0.29, 0.717) is 22.4 Å². The molecule has 0 spiro atoms. The maximum absolute atomic E-state index is 12.3. The normalized spacial score (nSPS) is 12.6. The third-order valence-electron chi connectivity index (χ3n) is 4.56. The minimum Gasteiger partial charge on any atom is -0.484 e. The van der Waals surface area contributed by atoms with Crippen LogP contribution in [-0.2, 0) is 9.59 Å². The van der Waals surface area contributed by atoms with Crippen molar-refractivity contribution in [2.45, 2.75) is 46.1 Å². The molecule has 7 heteroatoms. The average Bonchev–Trinajstić information content (AvgIpc) is 2.72. The predicted molar refractivity (Wildman–Crippen MR) is 113 cm³/mol. The van der Waals surface area contributed by atoms with Gasteiger partial charge in [-0.25, -0.2) is 0 Å². The first-order valence-electron chi connectivity index (χ1n) is 9.55. The third kappa shape index (κ3) is 6.68. The Labute approximate surface area is 176 Å². The van der Waals surface area contributed by atoms with Crippen LogP contribution in [0.1, 0.15) is 44.2 Å². The largest absolute Gasteiger partial charge is 0.484 e. The first kappa shape index (κ1) is 22.6. The van der Waals surface area contributed by atoms with Gasteiger partial charge in [-0.1, -0.05) is 43.6 Å². The Balaban J connectivity index is 1.82. The van der Waals surface area contributed by atoms with E-state index >= 15 is 0 Å². The summed E-state index contributed by atoms with van der Waals surface area (Å²) in [6.07, 6.45) is 0.185. The second-order valence-electron chi connectivity index (χ2n) is 6.84. The van der Waals surface area contributed by atoms with E-state index in [1.54, 1.807) is 25.1 Å². The summed E-state index contributed by atoms with van der Waals surface area (Å²) in [5.74, 6) is 0.552. The van der Waals surface area contributed by atoms with E-state index in [-0.39, 0.29) is 6.61 Å². The highest BCUT2D eigenvalue weighted by Crippen LogP contribution is 2.29. The molecule has 0 aliphatic carbocycles. The van der Waals surface area contributed by atoms with Crippen molar-refractivity contribution in [3.63, 3.8) is 0 Å². The van der Waals surface area contributed by atoms with Crippen molar-refractivity contribution in [1.29, 1.82) is 0 Å². The summed E-state index contributed by atoms with van der Waals surface area (Å²) in [6, 6.07) is 12.7. The van der Waals surface area contributed by atoms with Crippen LogP contribution in [0.3, 0.4) is 0 Å². The third-order valence-corrected chi connectivity index (χ3v) is 4.98. The zero-order chi connectivity index (χ0) is 21.4. The molecule has 2 N–H and O–H groups in total. The SMILES string of the molecule is CCC(C)c1ccccc1OC(C)C(=O)NNC(=O)COc1ccc(Cl)c(C)c1. The number of nitrogens with one attached hydrogen (secondary N) is 2. The van der Waals surface area contributed by atoms with Gasteiger partial charge in [-0.2, -0.15) is 0 Å². The Morgan fingerprint density at radius 2 is 1.83 bits per heavy atom. The van der Waals surface area contributed by atoms with Gasteiger partial charge < -0.3 is 9.47 Å². The lowest BCUT2D eigenvalue weighted by atomic mass is 9.98. The van der Waals surface area contributed by atoms with Crippen LogP contribution in [0.4, 0.5) is 0 Å². The first-order chi connectivity index (χ1) is 13.8. The van der Waals surface area contributed by atoms with Gasteiger partial charge >= 0.3 is 0 Å². The molecule has 0 aliphatic rings. The number of aryl methyl sites for hydroxylation is 1. The van der Waals surface area contributed by atoms with Crippen molar-refractivity contribution in [2.24, 2.45) is 0 Å². The van der Waals surface area contributed by atoms with Crippen LogP contribution in [0.5, 0.6) is 11.5 Å². The molecule has 2 rings (SSSR count). The Morgan fingerprint density at radius 1 is 1.10 bits per heavy atom. The minimum absolute atomic E-state index is 0.243. The number of para-hydroxylation sites is 1. The fourth-order valence-electron chi connectivity index (χ4n) is 2.58. The Kier molecular flexibility index (Phi) is 8.34. The van der Waals surface area contributed by atoms with Crippen molar-refractivity contribution in [3.05, 3.63) is 58.6 Å². The van der Waals surface area contributed by atoms with Gasteiger partial charge in [0, 0.05) is 5.02 Å². The minimum atomic E-state index is -0.777. The van der Waals surface area contributed by atoms with Crippen LogP contribution in [0.2, 0.25) is 5.02 Å². The Hall–Kier alpha value is -2.73. The fourth-order valence-corrected chi connectivity index (χ4v) is 2.70. The van der Waals surface area contributed by atoms with E-state index in [9.17, 15) is 9.59 Å². The molecule has 29 heavy (non-hydrogen) atoms. The van der Waals surface area contributed by atoms with Crippen molar-refractivity contribution in [1.82, 2.24) is 10.9 Å². The summed E-state index contributed by atoms with van der Waals surface area (Å²) >= 11 is 5.96. The van der Waals surface area contributed by atoms with Gasteiger partial charge in [0.05, 0.1) is 0 Å². The van der Waals surface area contributed by atoms with Gasteiger partial charge in [-0.15, -0.1) is 0 Å². The average molecular weight is 419 g/mol. The van der Waals surface area contributed by atoms with Gasteiger partial charge in [0.1, 0.15) is 11.5 Å². The number of hydrogen-bond acceptors (Lipinski definition) is 4. The van der Waals surface area contributed by atoms with Crippen LogP contribution >= 0.6 is 11.6 Å². The fraction of sp³-hybridized carbons (Fsp3) is 0.364. The standard InChI is InChI=1S/C22H27ClN2O4/c1-5-14(2)18-8-6-7-9-20(18)29-16(4)22(27)25-24-21(26)13-28-17-10-11-19(23)15(3)12-17/h6-12,14,16H,5,13H2,1-4H3,(H,24,26)(H,25,27). The molecule has 0 heterocycles. The number of benzene rings is 2. The van der Waals surface area contributed by atoms with Crippen molar-refractivity contribution in [3.8, 4) is 11.5 Å². The second kappa shape index (κ2) is 10.7. The number of halogens is 1. The number of hydrazine groups is 1. The molecule has 0 saturated heterocycles. The van der Waals surface area contributed by atoms with E-state index in [2.05, 4.69) is 24.7 Å². The molecule has 0 fully saturated rings.